The molecule has 0 saturated carbocycles. The minimum absolute atomic E-state index is 0.151. The quantitative estimate of drug-likeness (QED) is 0.717. The van der Waals surface area contributed by atoms with Crippen molar-refractivity contribution >= 4 is 40.6 Å². The number of alkyl halides is 3. The van der Waals surface area contributed by atoms with Gasteiger partial charge >= 0.3 is 6.18 Å². The second-order valence-electron chi connectivity index (χ2n) is 2.96. The van der Waals surface area contributed by atoms with Gasteiger partial charge in [0, 0.05) is 5.02 Å². The van der Waals surface area contributed by atoms with Gasteiger partial charge in [0.2, 0.25) is 0 Å². The van der Waals surface area contributed by atoms with Gasteiger partial charge in [-0.3, -0.25) is 4.79 Å². The summed E-state index contributed by atoms with van der Waals surface area (Å²) in [6.45, 7) is 0. The minimum Gasteiger partial charge on any atom is -0.294 e. The average molecular weight is 291 g/mol. The number of hydrogen-bond donors (Lipinski definition) is 0. The fraction of sp³-hybridized carbons (Fsp3) is 0.222. The third-order valence-electron chi connectivity index (χ3n) is 1.65. The van der Waals surface area contributed by atoms with Gasteiger partial charge in [0.25, 0.3) is 0 Å². The highest BCUT2D eigenvalue weighted by Gasteiger charge is 2.33. The molecule has 0 unspecified atom stereocenters. The first-order valence-electron chi connectivity index (χ1n) is 3.95. The highest BCUT2D eigenvalue weighted by Crippen LogP contribution is 2.32. The van der Waals surface area contributed by atoms with Crippen LogP contribution in [0.2, 0.25) is 15.1 Å². The Morgan fingerprint density at radius 1 is 1.12 bits per heavy atom. The predicted octanol–water partition coefficient (Wildman–Crippen LogP) is 4.78. The molecule has 0 aliphatic heterocycles. The van der Waals surface area contributed by atoms with Gasteiger partial charge in [-0.1, -0.05) is 34.8 Å². The smallest absolute Gasteiger partial charge is 0.294 e. The Labute approximate surface area is 104 Å². The molecule has 0 spiro atoms. The Hall–Kier alpha value is -0.450. The molecule has 0 radical (unpaired) electrons. The van der Waals surface area contributed by atoms with E-state index in [1.54, 1.807) is 0 Å². The van der Waals surface area contributed by atoms with E-state index in [9.17, 15) is 18.0 Å². The van der Waals surface area contributed by atoms with Crippen LogP contribution in [0, 0.1) is 0 Å². The zero-order chi connectivity index (χ0) is 12.5. The van der Waals surface area contributed by atoms with Crippen LogP contribution in [0.25, 0.3) is 0 Å². The molecule has 0 aliphatic rings. The Balaban J connectivity index is 3.10. The summed E-state index contributed by atoms with van der Waals surface area (Å²) in [5.74, 6) is -1.18. The Kier molecular flexibility index (Phi) is 4.10. The highest BCUT2D eigenvalue weighted by molar-refractivity contribution is 6.42. The van der Waals surface area contributed by atoms with E-state index in [2.05, 4.69) is 0 Å². The van der Waals surface area contributed by atoms with Crippen molar-refractivity contribution in [2.45, 2.75) is 12.6 Å². The number of ketones is 1. The molecule has 1 rings (SSSR count). The maximum atomic E-state index is 12.0. The van der Waals surface area contributed by atoms with Crippen LogP contribution in [-0.2, 0) is 0 Å². The lowest BCUT2D eigenvalue weighted by atomic mass is 10.1. The second-order valence-corrected chi connectivity index (χ2v) is 4.21. The van der Waals surface area contributed by atoms with Crippen molar-refractivity contribution in [3.63, 3.8) is 0 Å². The van der Waals surface area contributed by atoms with Crippen LogP contribution in [0.1, 0.15) is 16.8 Å². The number of Topliss-reactive ketones (excluding diaryl/α,β-unsaturated/α-hetero) is 1. The number of hydrogen-bond acceptors (Lipinski definition) is 1. The zero-order valence-corrected chi connectivity index (χ0v) is 9.81. The zero-order valence-electron chi connectivity index (χ0n) is 7.54. The molecular weight excluding hydrogens is 287 g/mol. The molecule has 0 atom stereocenters. The Morgan fingerprint density at radius 3 is 1.94 bits per heavy atom. The van der Waals surface area contributed by atoms with Crippen LogP contribution in [-0.4, -0.2) is 12.0 Å². The van der Waals surface area contributed by atoms with Gasteiger partial charge < -0.3 is 0 Å². The largest absolute Gasteiger partial charge is 0.396 e. The van der Waals surface area contributed by atoms with Crippen LogP contribution in [0.5, 0.6) is 0 Å². The SMILES string of the molecule is O=C(CC(F)(F)F)c1c(Cl)cc(Cl)cc1Cl. The van der Waals surface area contributed by atoms with E-state index in [0.29, 0.717) is 0 Å². The molecule has 0 aliphatic carbocycles. The van der Waals surface area contributed by atoms with Crippen molar-refractivity contribution in [3.05, 3.63) is 32.8 Å². The summed E-state index contributed by atoms with van der Waals surface area (Å²) >= 11 is 16.8. The lowest BCUT2D eigenvalue weighted by Crippen LogP contribution is -2.15. The van der Waals surface area contributed by atoms with Gasteiger partial charge in [-0.05, 0) is 12.1 Å². The first-order valence-corrected chi connectivity index (χ1v) is 5.08. The van der Waals surface area contributed by atoms with E-state index < -0.39 is 18.4 Å². The number of carbonyl (C=O) groups excluding carboxylic acids is 1. The number of rotatable bonds is 2. The monoisotopic (exact) mass is 290 g/mol. The van der Waals surface area contributed by atoms with E-state index in [1.165, 1.54) is 12.1 Å². The molecule has 0 amide bonds. The summed E-state index contributed by atoms with van der Waals surface area (Å²) < 4.78 is 36.0. The normalized spacial score (nSPS) is 11.6. The summed E-state index contributed by atoms with van der Waals surface area (Å²) in [6.07, 6.45) is -6.20. The molecule has 1 nitrogen and oxygen atoms in total. The summed E-state index contributed by atoms with van der Waals surface area (Å²) in [4.78, 5) is 11.3. The number of carbonyl (C=O) groups is 1. The molecule has 0 fully saturated rings. The molecule has 88 valence electrons. The van der Waals surface area contributed by atoms with Crippen LogP contribution in [0.4, 0.5) is 13.2 Å². The van der Waals surface area contributed by atoms with Gasteiger partial charge in [-0.2, -0.15) is 13.2 Å². The molecule has 0 aromatic heterocycles. The van der Waals surface area contributed by atoms with E-state index in [-0.39, 0.29) is 20.6 Å². The molecule has 0 N–H and O–H groups in total. The Bertz CT molecular complexity index is 405. The number of halogens is 6. The van der Waals surface area contributed by atoms with E-state index in [1.807, 2.05) is 0 Å². The molecular formula is C9H4Cl3F3O. The molecule has 7 heteroatoms. The van der Waals surface area contributed by atoms with Crippen molar-refractivity contribution in [1.29, 1.82) is 0 Å². The lowest BCUT2D eigenvalue weighted by Gasteiger charge is -2.08. The lowest BCUT2D eigenvalue weighted by molar-refractivity contribution is -0.125. The summed E-state index contributed by atoms with van der Waals surface area (Å²) in [5, 5.41) is -0.225. The fourth-order valence-corrected chi connectivity index (χ4v) is 2.11. The molecule has 0 saturated heterocycles. The Morgan fingerprint density at radius 2 is 1.56 bits per heavy atom. The van der Waals surface area contributed by atoms with Gasteiger partial charge in [0.05, 0.1) is 15.6 Å². The van der Waals surface area contributed by atoms with Crippen molar-refractivity contribution < 1.29 is 18.0 Å². The van der Waals surface area contributed by atoms with Crippen LogP contribution in [0.15, 0.2) is 12.1 Å². The number of benzene rings is 1. The third-order valence-corrected chi connectivity index (χ3v) is 2.46. The maximum Gasteiger partial charge on any atom is 0.396 e. The molecule has 0 bridgehead atoms. The minimum atomic E-state index is -4.59. The summed E-state index contributed by atoms with van der Waals surface area (Å²) in [6, 6.07) is 2.33. The topological polar surface area (TPSA) is 17.1 Å². The van der Waals surface area contributed by atoms with Crippen LogP contribution < -0.4 is 0 Å². The van der Waals surface area contributed by atoms with Gasteiger partial charge in [-0.25, -0.2) is 0 Å². The van der Waals surface area contributed by atoms with Crippen molar-refractivity contribution in [2.24, 2.45) is 0 Å². The molecule has 16 heavy (non-hydrogen) atoms. The van der Waals surface area contributed by atoms with Crippen LogP contribution >= 0.6 is 34.8 Å². The predicted molar refractivity (Wildman–Crippen MR) is 56.5 cm³/mol. The molecule has 1 aromatic rings. The third kappa shape index (κ3) is 3.54. The summed E-state index contributed by atoms with van der Waals surface area (Å²) in [5.41, 5.74) is -0.356. The highest BCUT2D eigenvalue weighted by atomic mass is 35.5. The van der Waals surface area contributed by atoms with E-state index in [4.69, 9.17) is 34.8 Å². The second kappa shape index (κ2) is 4.82. The first kappa shape index (κ1) is 13.6. The fourth-order valence-electron chi connectivity index (χ4n) is 1.08. The van der Waals surface area contributed by atoms with Crippen molar-refractivity contribution in [1.82, 2.24) is 0 Å². The molecule has 1 aromatic carbocycles. The van der Waals surface area contributed by atoms with Gasteiger partial charge in [-0.15, -0.1) is 0 Å². The van der Waals surface area contributed by atoms with Gasteiger partial charge in [0.15, 0.2) is 5.78 Å². The van der Waals surface area contributed by atoms with E-state index in [0.717, 1.165) is 0 Å². The summed E-state index contributed by atoms with van der Waals surface area (Å²) in [7, 11) is 0. The standard InChI is InChI=1S/C9H4Cl3F3O/c10-4-1-5(11)8(6(12)2-4)7(16)3-9(13,14)15/h1-2H,3H2. The maximum absolute atomic E-state index is 12.0. The van der Waals surface area contributed by atoms with E-state index >= 15 is 0 Å². The first-order chi connectivity index (χ1) is 7.20. The van der Waals surface area contributed by atoms with Gasteiger partial charge in [0.1, 0.15) is 6.42 Å². The van der Waals surface area contributed by atoms with Crippen LogP contribution in [0.3, 0.4) is 0 Å². The molecule has 0 heterocycles. The van der Waals surface area contributed by atoms with Crippen molar-refractivity contribution in [2.75, 3.05) is 0 Å². The average Bonchev–Trinajstić information content (AvgIpc) is 1.96. The van der Waals surface area contributed by atoms with Crippen molar-refractivity contribution in [3.8, 4) is 0 Å².